The maximum absolute atomic E-state index is 12.3. The van der Waals surface area contributed by atoms with Crippen LogP contribution in [-0.4, -0.2) is 59.4 Å². The summed E-state index contributed by atoms with van der Waals surface area (Å²) in [5.74, 6) is 3.08. The van der Waals surface area contributed by atoms with Crippen molar-refractivity contribution in [1.82, 2.24) is 9.80 Å². The normalized spacial score (nSPS) is 22.7. The van der Waals surface area contributed by atoms with Crippen molar-refractivity contribution >= 4 is 17.7 Å². The highest BCUT2D eigenvalue weighted by atomic mass is 32.2. The molecule has 0 atom stereocenters. The van der Waals surface area contributed by atoms with Crippen LogP contribution in [0.5, 0.6) is 0 Å². The Hall–Kier alpha value is -0.940. The van der Waals surface area contributed by atoms with E-state index in [1.165, 1.54) is 24.3 Å². The molecule has 0 bridgehead atoms. The van der Waals surface area contributed by atoms with Gasteiger partial charge in [-0.25, -0.2) is 0 Å². The fraction of sp³-hybridized carbons (Fsp3) is 0.667. The third kappa shape index (κ3) is 3.20. The molecule has 2 aliphatic rings. The van der Waals surface area contributed by atoms with Gasteiger partial charge >= 0.3 is 0 Å². The van der Waals surface area contributed by atoms with Gasteiger partial charge in [0, 0.05) is 32.2 Å². The summed E-state index contributed by atoms with van der Waals surface area (Å²) in [6.07, 6.45) is 5.24. The number of furan rings is 1. The van der Waals surface area contributed by atoms with Crippen molar-refractivity contribution in [2.45, 2.75) is 25.3 Å². The molecular weight excluding hydrogens is 272 g/mol. The monoisotopic (exact) mass is 294 g/mol. The zero-order valence-electron chi connectivity index (χ0n) is 11.8. The number of carbonyl (C=O) groups excluding carboxylic acids is 1. The first-order valence-electron chi connectivity index (χ1n) is 7.49. The molecule has 0 aliphatic carbocycles. The van der Waals surface area contributed by atoms with E-state index in [2.05, 4.69) is 16.7 Å². The van der Waals surface area contributed by atoms with E-state index in [1.807, 2.05) is 4.90 Å². The van der Waals surface area contributed by atoms with Gasteiger partial charge in [-0.2, -0.15) is 11.8 Å². The van der Waals surface area contributed by atoms with E-state index in [4.69, 9.17) is 4.42 Å². The lowest BCUT2D eigenvalue weighted by Gasteiger charge is -2.33. The van der Waals surface area contributed by atoms with Crippen LogP contribution in [0.2, 0.25) is 0 Å². The molecule has 2 fully saturated rings. The average molecular weight is 294 g/mol. The Morgan fingerprint density at radius 2 is 2.05 bits per heavy atom. The second-order valence-electron chi connectivity index (χ2n) is 5.50. The number of carbonyl (C=O) groups is 1. The summed E-state index contributed by atoms with van der Waals surface area (Å²) in [7, 11) is 0. The molecule has 0 spiro atoms. The molecule has 20 heavy (non-hydrogen) atoms. The molecule has 1 aromatic heterocycles. The van der Waals surface area contributed by atoms with Gasteiger partial charge < -0.3 is 9.32 Å². The molecule has 0 radical (unpaired) electrons. The van der Waals surface area contributed by atoms with Crippen LogP contribution in [0.25, 0.3) is 0 Å². The standard InChI is InChI=1S/C15H22N2O2S/c18-15(14-3-1-10-19-14)17-7-2-6-16(8-9-17)13-4-11-20-12-5-13/h1,3,10,13H,2,4-9,11-12H2. The van der Waals surface area contributed by atoms with Crippen molar-refractivity contribution in [1.29, 1.82) is 0 Å². The van der Waals surface area contributed by atoms with Crippen molar-refractivity contribution in [3.8, 4) is 0 Å². The van der Waals surface area contributed by atoms with Crippen LogP contribution in [0, 0.1) is 0 Å². The summed E-state index contributed by atoms with van der Waals surface area (Å²) in [5, 5.41) is 0. The Balaban J connectivity index is 1.57. The van der Waals surface area contributed by atoms with Gasteiger partial charge in [0.15, 0.2) is 5.76 Å². The average Bonchev–Trinajstić information content (AvgIpc) is 2.92. The molecular formula is C15H22N2O2S. The van der Waals surface area contributed by atoms with Crippen molar-refractivity contribution < 1.29 is 9.21 Å². The molecule has 2 saturated heterocycles. The summed E-state index contributed by atoms with van der Waals surface area (Å²) in [6, 6.07) is 4.26. The molecule has 0 N–H and O–H groups in total. The van der Waals surface area contributed by atoms with Crippen LogP contribution < -0.4 is 0 Å². The van der Waals surface area contributed by atoms with Gasteiger partial charge in [0.2, 0.25) is 0 Å². The van der Waals surface area contributed by atoms with E-state index < -0.39 is 0 Å². The fourth-order valence-electron chi connectivity index (χ4n) is 3.11. The molecule has 2 aliphatic heterocycles. The fourth-order valence-corrected chi connectivity index (χ4v) is 4.19. The molecule has 3 heterocycles. The summed E-state index contributed by atoms with van der Waals surface area (Å²) in [4.78, 5) is 16.8. The maximum atomic E-state index is 12.3. The van der Waals surface area contributed by atoms with Crippen molar-refractivity contribution in [2.24, 2.45) is 0 Å². The maximum Gasteiger partial charge on any atom is 0.289 e. The second-order valence-corrected chi connectivity index (χ2v) is 6.73. The number of hydrogen-bond acceptors (Lipinski definition) is 4. The topological polar surface area (TPSA) is 36.7 Å². The minimum atomic E-state index is 0.0380. The quantitative estimate of drug-likeness (QED) is 0.839. The van der Waals surface area contributed by atoms with Gasteiger partial charge in [0.05, 0.1) is 6.26 Å². The molecule has 3 rings (SSSR count). The van der Waals surface area contributed by atoms with E-state index in [9.17, 15) is 4.79 Å². The Kier molecular flexibility index (Phi) is 4.68. The number of hydrogen-bond donors (Lipinski definition) is 0. The Morgan fingerprint density at radius 1 is 1.20 bits per heavy atom. The van der Waals surface area contributed by atoms with E-state index in [0.29, 0.717) is 5.76 Å². The summed E-state index contributed by atoms with van der Waals surface area (Å²) in [5.41, 5.74) is 0. The zero-order chi connectivity index (χ0) is 13.8. The third-order valence-corrected chi connectivity index (χ3v) is 5.31. The minimum absolute atomic E-state index is 0.0380. The van der Waals surface area contributed by atoms with Gasteiger partial charge in [-0.3, -0.25) is 9.69 Å². The molecule has 4 nitrogen and oxygen atoms in total. The van der Waals surface area contributed by atoms with E-state index >= 15 is 0 Å². The SMILES string of the molecule is O=C(c1ccco1)N1CCCN(C2CCSCC2)CC1. The first-order chi connectivity index (χ1) is 9.84. The summed E-state index contributed by atoms with van der Waals surface area (Å²) in [6.45, 7) is 3.79. The van der Waals surface area contributed by atoms with E-state index in [-0.39, 0.29) is 5.91 Å². The first-order valence-corrected chi connectivity index (χ1v) is 8.64. The van der Waals surface area contributed by atoms with Crippen molar-refractivity contribution in [3.63, 3.8) is 0 Å². The lowest BCUT2D eigenvalue weighted by Crippen LogP contribution is -2.41. The van der Waals surface area contributed by atoms with Crippen LogP contribution in [0.3, 0.4) is 0 Å². The Morgan fingerprint density at radius 3 is 2.80 bits per heavy atom. The highest BCUT2D eigenvalue weighted by molar-refractivity contribution is 7.99. The van der Waals surface area contributed by atoms with Crippen molar-refractivity contribution in [3.05, 3.63) is 24.2 Å². The summed E-state index contributed by atoms with van der Waals surface area (Å²) < 4.78 is 5.22. The van der Waals surface area contributed by atoms with E-state index in [0.717, 1.165) is 38.6 Å². The molecule has 1 amide bonds. The third-order valence-electron chi connectivity index (χ3n) is 4.26. The minimum Gasteiger partial charge on any atom is -0.459 e. The number of nitrogens with zero attached hydrogens (tertiary/aromatic N) is 2. The molecule has 0 unspecified atom stereocenters. The molecule has 0 aromatic carbocycles. The first kappa shape index (κ1) is 14.0. The zero-order valence-corrected chi connectivity index (χ0v) is 12.6. The number of rotatable bonds is 2. The smallest absolute Gasteiger partial charge is 0.289 e. The lowest BCUT2D eigenvalue weighted by atomic mass is 10.1. The highest BCUT2D eigenvalue weighted by Crippen LogP contribution is 2.23. The van der Waals surface area contributed by atoms with Gasteiger partial charge in [0.1, 0.15) is 0 Å². The Labute approximate surface area is 124 Å². The van der Waals surface area contributed by atoms with Gasteiger partial charge in [-0.05, 0) is 42.9 Å². The molecule has 1 aromatic rings. The van der Waals surface area contributed by atoms with Crippen LogP contribution in [0.4, 0.5) is 0 Å². The van der Waals surface area contributed by atoms with Crippen LogP contribution >= 0.6 is 11.8 Å². The predicted octanol–water partition coefficient (Wildman–Crippen LogP) is 2.32. The molecule has 5 heteroatoms. The highest BCUT2D eigenvalue weighted by Gasteiger charge is 2.26. The lowest BCUT2D eigenvalue weighted by molar-refractivity contribution is 0.0725. The second kappa shape index (κ2) is 6.68. The largest absolute Gasteiger partial charge is 0.459 e. The summed E-state index contributed by atoms with van der Waals surface area (Å²) >= 11 is 2.07. The number of thioether (sulfide) groups is 1. The van der Waals surface area contributed by atoms with Crippen molar-refractivity contribution in [2.75, 3.05) is 37.7 Å². The van der Waals surface area contributed by atoms with Crippen LogP contribution in [0.1, 0.15) is 29.8 Å². The number of amides is 1. The molecule has 0 saturated carbocycles. The van der Waals surface area contributed by atoms with Gasteiger partial charge in [-0.1, -0.05) is 0 Å². The molecule has 110 valence electrons. The predicted molar refractivity (Wildman–Crippen MR) is 81.1 cm³/mol. The Bertz CT molecular complexity index is 429. The van der Waals surface area contributed by atoms with E-state index in [1.54, 1.807) is 18.4 Å². The van der Waals surface area contributed by atoms with Gasteiger partial charge in [0.25, 0.3) is 5.91 Å². The van der Waals surface area contributed by atoms with Gasteiger partial charge in [-0.15, -0.1) is 0 Å². The van der Waals surface area contributed by atoms with Crippen LogP contribution in [-0.2, 0) is 0 Å². The van der Waals surface area contributed by atoms with Crippen LogP contribution in [0.15, 0.2) is 22.8 Å².